The van der Waals surface area contributed by atoms with Gasteiger partial charge < -0.3 is 9.52 Å². The van der Waals surface area contributed by atoms with E-state index in [2.05, 4.69) is 13.8 Å². The van der Waals surface area contributed by atoms with E-state index in [0.29, 0.717) is 29.0 Å². The highest BCUT2D eigenvalue weighted by molar-refractivity contribution is 6.04. The molecule has 0 saturated heterocycles. The Morgan fingerprint density at radius 1 is 1.11 bits per heavy atom. The number of Topliss-reactive ketones (excluding diaryl/α,β-unsaturated/α-hetero) is 1. The first-order chi connectivity index (χ1) is 13.4. The highest BCUT2D eigenvalue weighted by Crippen LogP contribution is 2.65. The van der Waals surface area contributed by atoms with E-state index in [0.717, 1.165) is 49.4 Å². The van der Waals surface area contributed by atoms with Crippen molar-refractivity contribution in [2.45, 2.75) is 77.7 Å². The molecule has 3 heteroatoms. The SMILES string of the molecule is CC12CCC3C(CCC4CC(O)CCC43C)C1CC/C(=C\c1ccco1)C2=O. The van der Waals surface area contributed by atoms with E-state index >= 15 is 0 Å². The zero-order chi connectivity index (χ0) is 19.5. The summed E-state index contributed by atoms with van der Waals surface area (Å²) in [6.45, 7) is 4.76. The van der Waals surface area contributed by atoms with E-state index in [-0.39, 0.29) is 11.5 Å². The maximum atomic E-state index is 13.5. The molecule has 1 aromatic heterocycles. The maximum absolute atomic E-state index is 13.5. The molecular weight excluding hydrogens is 348 g/mol. The van der Waals surface area contributed by atoms with Gasteiger partial charge in [0.2, 0.25) is 0 Å². The number of aliphatic hydroxyl groups excluding tert-OH is 1. The standard InChI is InChI=1S/C25H34O3/c1-24-11-9-18(26)15-17(24)6-7-20-21-8-5-16(14-19-4-3-13-28-19)23(27)25(21,2)12-10-22(20)24/h3-4,13-14,17-18,20-22,26H,5-12,15H2,1-2H3/b16-14+. The first-order valence-electron chi connectivity index (χ1n) is 11.4. The zero-order valence-electron chi connectivity index (χ0n) is 17.3. The number of rotatable bonds is 1. The highest BCUT2D eigenvalue weighted by Gasteiger charge is 2.59. The lowest BCUT2D eigenvalue weighted by Gasteiger charge is -2.62. The molecule has 4 aliphatic rings. The molecule has 4 aliphatic carbocycles. The number of ketones is 1. The Hall–Kier alpha value is -1.35. The molecule has 4 saturated carbocycles. The van der Waals surface area contributed by atoms with Gasteiger partial charge in [0.25, 0.3) is 0 Å². The smallest absolute Gasteiger partial charge is 0.165 e. The Labute approximate surface area is 168 Å². The van der Waals surface area contributed by atoms with Gasteiger partial charge in [-0.25, -0.2) is 0 Å². The number of hydrogen-bond acceptors (Lipinski definition) is 3. The molecule has 1 heterocycles. The van der Waals surface area contributed by atoms with Crippen LogP contribution in [-0.4, -0.2) is 17.0 Å². The van der Waals surface area contributed by atoms with Crippen LogP contribution >= 0.6 is 0 Å². The van der Waals surface area contributed by atoms with Crippen LogP contribution in [0.2, 0.25) is 0 Å². The van der Waals surface area contributed by atoms with Crippen molar-refractivity contribution in [2.24, 2.45) is 34.5 Å². The Morgan fingerprint density at radius 3 is 2.75 bits per heavy atom. The van der Waals surface area contributed by atoms with E-state index in [1.165, 1.54) is 25.7 Å². The Bertz CT molecular complexity index is 778. The molecule has 0 bridgehead atoms. The number of furan rings is 1. The predicted octanol–water partition coefficient (Wildman–Crippen LogP) is 5.64. The molecule has 28 heavy (non-hydrogen) atoms. The van der Waals surface area contributed by atoms with Gasteiger partial charge in [-0.1, -0.05) is 13.8 Å². The van der Waals surface area contributed by atoms with Crippen LogP contribution in [0.4, 0.5) is 0 Å². The number of aliphatic hydroxyl groups is 1. The van der Waals surface area contributed by atoms with Gasteiger partial charge in [0.05, 0.1) is 12.4 Å². The summed E-state index contributed by atoms with van der Waals surface area (Å²) in [5, 5.41) is 10.2. The molecule has 7 atom stereocenters. The lowest BCUT2D eigenvalue weighted by Crippen LogP contribution is -2.57. The van der Waals surface area contributed by atoms with Gasteiger partial charge in [0.15, 0.2) is 5.78 Å². The molecule has 0 spiro atoms. The van der Waals surface area contributed by atoms with Gasteiger partial charge in [-0.2, -0.15) is 0 Å². The third-order valence-electron chi connectivity index (χ3n) is 9.42. The third-order valence-corrected chi connectivity index (χ3v) is 9.42. The van der Waals surface area contributed by atoms with E-state index < -0.39 is 0 Å². The first kappa shape index (κ1) is 18.7. The monoisotopic (exact) mass is 382 g/mol. The van der Waals surface area contributed by atoms with Crippen LogP contribution in [0.1, 0.15) is 77.4 Å². The number of allylic oxidation sites excluding steroid dienone is 1. The second-order valence-corrected chi connectivity index (χ2v) is 10.6. The molecular formula is C25H34O3. The number of fused-ring (bicyclic) bond motifs is 5. The van der Waals surface area contributed by atoms with Crippen molar-refractivity contribution in [3.05, 3.63) is 29.7 Å². The average Bonchev–Trinajstić information content (AvgIpc) is 3.18. The van der Waals surface area contributed by atoms with E-state index in [9.17, 15) is 9.90 Å². The van der Waals surface area contributed by atoms with Crippen LogP contribution < -0.4 is 0 Å². The molecule has 1 aromatic rings. The van der Waals surface area contributed by atoms with Crippen molar-refractivity contribution in [3.8, 4) is 0 Å². The molecule has 0 aromatic carbocycles. The van der Waals surface area contributed by atoms with Crippen LogP contribution in [-0.2, 0) is 4.79 Å². The van der Waals surface area contributed by atoms with Gasteiger partial charge in [-0.3, -0.25) is 4.79 Å². The van der Waals surface area contributed by atoms with E-state index in [1.54, 1.807) is 6.26 Å². The summed E-state index contributed by atoms with van der Waals surface area (Å²) in [7, 11) is 0. The summed E-state index contributed by atoms with van der Waals surface area (Å²) >= 11 is 0. The normalized spacial score (nSPS) is 47.3. The summed E-state index contributed by atoms with van der Waals surface area (Å²) < 4.78 is 5.47. The summed E-state index contributed by atoms with van der Waals surface area (Å²) in [5.41, 5.74) is 1.14. The van der Waals surface area contributed by atoms with Gasteiger partial charge >= 0.3 is 0 Å². The lowest BCUT2D eigenvalue weighted by atomic mass is 9.42. The van der Waals surface area contributed by atoms with Crippen LogP contribution in [0, 0.1) is 34.5 Å². The van der Waals surface area contributed by atoms with E-state index in [1.807, 2.05) is 18.2 Å². The van der Waals surface area contributed by atoms with Crippen molar-refractivity contribution < 1.29 is 14.3 Å². The largest absolute Gasteiger partial charge is 0.465 e. The molecule has 152 valence electrons. The van der Waals surface area contributed by atoms with Gasteiger partial charge in [0, 0.05) is 5.41 Å². The van der Waals surface area contributed by atoms with Gasteiger partial charge in [-0.05, 0) is 111 Å². The molecule has 0 aliphatic heterocycles. The van der Waals surface area contributed by atoms with Crippen LogP contribution in [0.25, 0.3) is 6.08 Å². The summed E-state index contributed by atoms with van der Waals surface area (Å²) in [4.78, 5) is 13.5. The minimum atomic E-state index is -0.199. The van der Waals surface area contributed by atoms with Crippen molar-refractivity contribution in [3.63, 3.8) is 0 Å². The van der Waals surface area contributed by atoms with Gasteiger partial charge in [-0.15, -0.1) is 0 Å². The fourth-order valence-corrected chi connectivity index (χ4v) is 7.84. The number of hydrogen-bond donors (Lipinski definition) is 1. The summed E-state index contributed by atoms with van der Waals surface area (Å²) in [6.07, 6.45) is 13.4. The average molecular weight is 383 g/mol. The molecule has 4 fully saturated rings. The second kappa shape index (κ2) is 6.58. The second-order valence-electron chi connectivity index (χ2n) is 10.6. The van der Waals surface area contributed by atoms with Crippen molar-refractivity contribution in [1.82, 2.24) is 0 Å². The molecule has 0 radical (unpaired) electrons. The first-order valence-corrected chi connectivity index (χ1v) is 11.4. The zero-order valence-corrected chi connectivity index (χ0v) is 17.3. The Kier molecular flexibility index (Phi) is 4.39. The molecule has 5 rings (SSSR count). The summed E-state index contributed by atoms with van der Waals surface area (Å²) in [5.74, 6) is 3.80. The fourth-order valence-electron chi connectivity index (χ4n) is 7.84. The minimum absolute atomic E-state index is 0.0889. The topological polar surface area (TPSA) is 50.4 Å². The highest BCUT2D eigenvalue weighted by atomic mass is 16.3. The van der Waals surface area contributed by atoms with Crippen LogP contribution in [0.5, 0.6) is 0 Å². The molecule has 0 amide bonds. The Balaban J connectivity index is 1.42. The van der Waals surface area contributed by atoms with Gasteiger partial charge in [0.1, 0.15) is 5.76 Å². The molecule has 1 N–H and O–H groups in total. The minimum Gasteiger partial charge on any atom is -0.465 e. The molecule has 3 nitrogen and oxygen atoms in total. The van der Waals surface area contributed by atoms with Crippen molar-refractivity contribution >= 4 is 11.9 Å². The quantitative estimate of drug-likeness (QED) is 0.640. The Morgan fingerprint density at radius 2 is 1.96 bits per heavy atom. The molecule has 7 unspecified atom stereocenters. The number of carbonyl (C=O) groups excluding carboxylic acids is 1. The fraction of sp³-hybridized carbons (Fsp3) is 0.720. The van der Waals surface area contributed by atoms with Crippen molar-refractivity contribution in [1.29, 1.82) is 0 Å². The van der Waals surface area contributed by atoms with Crippen LogP contribution in [0.3, 0.4) is 0 Å². The summed E-state index contributed by atoms with van der Waals surface area (Å²) in [6, 6.07) is 3.82. The number of carbonyl (C=O) groups is 1. The lowest BCUT2D eigenvalue weighted by molar-refractivity contribution is -0.153. The maximum Gasteiger partial charge on any atom is 0.165 e. The third kappa shape index (κ3) is 2.69. The van der Waals surface area contributed by atoms with Crippen molar-refractivity contribution in [2.75, 3.05) is 0 Å². The predicted molar refractivity (Wildman–Crippen MR) is 109 cm³/mol. The van der Waals surface area contributed by atoms with E-state index in [4.69, 9.17) is 4.42 Å². The van der Waals surface area contributed by atoms with Crippen LogP contribution in [0.15, 0.2) is 28.4 Å².